The second kappa shape index (κ2) is 9.77. The van der Waals surface area contributed by atoms with E-state index in [1.54, 1.807) is 18.2 Å². The van der Waals surface area contributed by atoms with Crippen LogP contribution in [0.15, 0.2) is 58.8 Å². The lowest BCUT2D eigenvalue weighted by atomic mass is 10.0. The number of aryl methyl sites for hydroxylation is 1. The lowest BCUT2D eigenvalue weighted by Crippen LogP contribution is -2.40. The number of ketones is 1. The number of aromatic nitrogens is 1. The van der Waals surface area contributed by atoms with Crippen LogP contribution < -0.4 is 0 Å². The molecule has 1 aliphatic rings. The average Bonchev–Trinajstić information content (AvgIpc) is 3.47. The first kappa shape index (κ1) is 24.8. The van der Waals surface area contributed by atoms with Gasteiger partial charge in [-0.3, -0.25) is 9.78 Å². The molecule has 0 spiro atoms. The van der Waals surface area contributed by atoms with Gasteiger partial charge in [-0.1, -0.05) is 29.8 Å². The first-order valence-electron chi connectivity index (χ1n) is 10.5. The summed E-state index contributed by atoms with van der Waals surface area (Å²) in [6.07, 6.45) is -2.97. The SMILES string of the molecule is O=C(CCc1cccc(-c2ccc(C(F)(F)F)cc2)n1)[C@@H]1CCCN1S(=O)(=O)c1ccc(Cl)s1. The first-order chi connectivity index (χ1) is 16.1. The van der Waals surface area contributed by atoms with E-state index in [2.05, 4.69) is 4.98 Å². The zero-order chi connectivity index (χ0) is 24.5. The molecule has 0 amide bonds. The minimum absolute atomic E-state index is 0.103. The molecule has 34 heavy (non-hydrogen) atoms. The summed E-state index contributed by atoms with van der Waals surface area (Å²) in [7, 11) is -3.80. The van der Waals surface area contributed by atoms with Crippen LogP contribution in [0.1, 0.15) is 30.5 Å². The van der Waals surface area contributed by atoms with Gasteiger partial charge in [-0.05, 0) is 55.7 Å². The topological polar surface area (TPSA) is 67.3 Å². The number of pyridine rings is 1. The van der Waals surface area contributed by atoms with Crippen molar-refractivity contribution in [2.75, 3.05) is 6.54 Å². The van der Waals surface area contributed by atoms with Crippen molar-refractivity contribution >= 4 is 38.7 Å². The highest BCUT2D eigenvalue weighted by Crippen LogP contribution is 2.33. The highest BCUT2D eigenvalue weighted by Gasteiger charge is 2.39. The molecule has 0 unspecified atom stereocenters. The standard InChI is InChI=1S/C23H20ClF3N2O3S2/c24-21-12-13-22(33-21)34(31,32)29-14-2-5-19(29)20(30)11-10-17-3-1-4-18(28-17)15-6-8-16(9-7-15)23(25,26)27/h1,3-4,6-9,12-13,19H,2,5,10-11,14H2/t19-/m0/s1. The second-order valence-corrected chi connectivity index (χ2v) is 11.7. The maximum atomic E-state index is 13.0. The van der Waals surface area contributed by atoms with Gasteiger partial charge in [0.05, 0.1) is 21.6 Å². The minimum atomic E-state index is -4.41. The van der Waals surface area contributed by atoms with E-state index in [1.807, 2.05) is 0 Å². The van der Waals surface area contributed by atoms with Crippen molar-refractivity contribution in [1.82, 2.24) is 9.29 Å². The van der Waals surface area contributed by atoms with Gasteiger partial charge in [0.2, 0.25) is 0 Å². The number of Topliss-reactive ketones (excluding diaryl/α,β-unsaturated/α-hetero) is 1. The number of hydrogen-bond donors (Lipinski definition) is 0. The smallest absolute Gasteiger partial charge is 0.298 e. The molecular weight excluding hydrogens is 509 g/mol. The van der Waals surface area contributed by atoms with E-state index < -0.39 is 27.8 Å². The predicted molar refractivity (Wildman–Crippen MR) is 124 cm³/mol. The Hall–Kier alpha value is -2.27. The third-order valence-electron chi connectivity index (χ3n) is 5.63. The monoisotopic (exact) mass is 528 g/mol. The molecule has 0 N–H and O–H groups in total. The fourth-order valence-corrected chi connectivity index (χ4v) is 7.22. The van der Waals surface area contributed by atoms with E-state index in [4.69, 9.17) is 11.6 Å². The van der Waals surface area contributed by atoms with E-state index in [1.165, 1.54) is 28.6 Å². The van der Waals surface area contributed by atoms with Crippen LogP contribution in [0, 0.1) is 0 Å². The van der Waals surface area contributed by atoms with Gasteiger partial charge in [0, 0.05) is 24.2 Å². The van der Waals surface area contributed by atoms with Gasteiger partial charge in [0.25, 0.3) is 10.0 Å². The molecule has 3 heterocycles. The normalized spacial score (nSPS) is 17.2. The van der Waals surface area contributed by atoms with Gasteiger partial charge < -0.3 is 0 Å². The number of hydrogen-bond acceptors (Lipinski definition) is 5. The Bertz CT molecular complexity index is 1290. The van der Waals surface area contributed by atoms with E-state index >= 15 is 0 Å². The summed E-state index contributed by atoms with van der Waals surface area (Å²) in [5, 5.41) is 0. The molecule has 1 saturated heterocycles. The molecule has 11 heteroatoms. The minimum Gasteiger partial charge on any atom is -0.298 e. The third kappa shape index (κ3) is 5.35. The Morgan fingerprint density at radius 3 is 2.50 bits per heavy atom. The zero-order valence-corrected chi connectivity index (χ0v) is 20.1. The van der Waals surface area contributed by atoms with Crippen molar-refractivity contribution in [3.8, 4) is 11.3 Å². The van der Waals surface area contributed by atoms with Gasteiger partial charge in [-0.25, -0.2) is 8.42 Å². The van der Waals surface area contributed by atoms with Gasteiger partial charge in [0.1, 0.15) is 4.21 Å². The lowest BCUT2D eigenvalue weighted by Gasteiger charge is -2.22. The molecule has 2 aromatic heterocycles. The quantitative estimate of drug-likeness (QED) is 0.386. The van der Waals surface area contributed by atoms with Crippen molar-refractivity contribution in [3.63, 3.8) is 0 Å². The summed E-state index contributed by atoms with van der Waals surface area (Å²) in [4.78, 5) is 17.4. The van der Waals surface area contributed by atoms with Crippen LogP contribution in [-0.2, 0) is 27.4 Å². The fourth-order valence-electron chi connectivity index (χ4n) is 3.93. The summed E-state index contributed by atoms with van der Waals surface area (Å²) < 4.78 is 66.0. The number of halogens is 4. The highest BCUT2D eigenvalue weighted by molar-refractivity contribution is 7.91. The summed E-state index contributed by atoms with van der Waals surface area (Å²) in [6.45, 7) is 0.274. The zero-order valence-electron chi connectivity index (χ0n) is 17.8. The average molecular weight is 529 g/mol. The van der Waals surface area contributed by atoms with Crippen LogP contribution in [0.5, 0.6) is 0 Å². The Morgan fingerprint density at radius 2 is 1.85 bits per heavy atom. The van der Waals surface area contributed by atoms with Gasteiger partial charge in [0.15, 0.2) is 5.78 Å². The van der Waals surface area contributed by atoms with Crippen LogP contribution in [0.2, 0.25) is 4.34 Å². The molecule has 1 aliphatic heterocycles. The van der Waals surface area contributed by atoms with Crippen LogP contribution >= 0.6 is 22.9 Å². The van der Waals surface area contributed by atoms with Crippen LogP contribution in [-0.4, -0.2) is 36.1 Å². The maximum absolute atomic E-state index is 13.0. The number of carbonyl (C=O) groups excluding carboxylic acids is 1. The van der Waals surface area contributed by atoms with Crippen molar-refractivity contribution < 1.29 is 26.4 Å². The summed E-state index contributed by atoms with van der Waals surface area (Å²) in [6, 6.07) is 12.1. The second-order valence-electron chi connectivity index (χ2n) is 7.89. The fraction of sp³-hybridized carbons (Fsp3) is 0.304. The van der Waals surface area contributed by atoms with Crippen molar-refractivity contribution in [1.29, 1.82) is 0 Å². The molecule has 1 fully saturated rings. The number of nitrogens with zero attached hydrogens (tertiary/aromatic N) is 2. The van der Waals surface area contributed by atoms with Crippen LogP contribution in [0.4, 0.5) is 13.2 Å². The molecule has 0 saturated carbocycles. The Morgan fingerprint density at radius 1 is 1.12 bits per heavy atom. The van der Waals surface area contributed by atoms with Crippen molar-refractivity contribution in [2.24, 2.45) is 0 Å². The summed E-state index contributed by atoms with van der Waals surface area (Å²) in [5.41, 5.74) is 0.893. The molecule has 0 radical (unpaired) electrons. The van der Waals surface area contributed by atoms with Gasteiger partial charge in [-0.15, -0.1) is 11.3 Å². The largest absolute Gasteiger partial charge is 0.416 e. The molecule has 0 aliphatic carbocycles. The number of carbonyl (C=O) groups is 1. The molecule has 5 nitrogen and oxygen atoms in total. The number of alkyl halides is 3. The van der Waals surface area contributed by atoms with Crippen LogP contribution in [0.3, 0.4) is 0 Å². The molecule has 0 bridgehead atoms. The number of benzene rings is 1. The number of thiophene rings is 1. The summed E-state index contributed by atoms with van der Waals surface area (Å²) in [5.74, 6) is -0.189. The van der Waals surface area contributed by atoms with Crippen LogP contribution in [0.25, 0.3) is 11.3 Å². The van der Waals surface area contributed by atoms with Gasteiger partial charge in [-0.2, -0.15) is 17.5 Å². The third-order valence-corrected chi connectivity index (χ3v) is 9.24. The number of rotatable bonds is 7. The Kier molecular flexibility index (Phi) is 7.14. The maximum Gasteiger partial charge on any atom is 0.416 e. The lowest BCUT2D eigenvalue weighted by molar-refractivity contribution is -0.137. The molecule has 3 aromatic rings. The Labute approximate surface area is 204 Å². The van der Waals surface area contributed by atoms with E-state index in [0.717, 1.165) is 23.5 Å². The van der Waals surface area contributed by atoms with Crippen molar-refractivity contribution in [2.45, 2.75) is 42.1 Å². The first-order valence-corrected chi connectivity index (χ1v) is 13.1. The van der Waals surface area contributed by atoms with Crippen molar-refractivity contribution in [3.05, 3.63) is 70.2 Å². The predicted octanol–water partition coefficient (Wildman–Crippen LogP) is 5.84. The Balaban J connectivity index is 1.44. The molecule has 180 valence electrons. The molecule has 4 rings (SSSR count). The van der Waals surface area contributed by atoms with Gasteiger partial charge >= 0.3 is 6.18 Å². The van der Waals surface area contributed by atoms with E-state index in [-0.39, 0.29) is 23.0 Å². The highest BCUT2D eigenvalue weighted by atomic mass is 35.5. The van der Waals surface area contributed by atoms with E-state index in [0.29, 0.717) is 40.6 Å². The summed E-state index contributed by atoms with van der Waals surface area (Å²) >= 11 is 6.85. The molecular formula is C23H20ClF3N2O3S2. The molecule has 1 atom stereocenters. The van der Waals surface area contributed by atoms with E-state index in [9.17, 15) is 26.4 Å². The molecule has 1 aromatic carbocycles. The number of sulfonamides is 1.